The molecule has 0 aliphatic carbocycles. The molecule has 18 heavy (non-hydrogen) atoms. The lowest BCUT2D eigenvalue weighted by atomic mass is 10.1. The summed E-state index contributed by atoms with van der Waals surface area (Å²) in [5.74, 6) is 0.817. The first-order chi connectivity index (χ1) is 8.61. The molecule has 0 radical (unpaired) electrons. The molecule has 1 fully saturated rings. The molecule has 1 amide bonds. The molecule has 1 aromatic heterocycles. The molecule has 7 heteroatoms. The Morgan fingerprint density at radius 1 is 1.67 bits per heavy atom. The second-order valence-corrected chi connectivity index (χ2v) is 5.39. The number of amides is 1. The number of rotatable bonds is 3. The molecule has 1 aromatic rings. The van der Waals surface area contributed by atoms with Crippen LogP contribution in [0.25, 0.3) is 10.4 Å². The molecule has 2 rings (SSSR count). The van der Waals surface area contributed by atoms with Gasteiger partial charge >= 0.3 is 0 Å². The van der Waals surface area contributed by atoms with E-state index in [-0.39, 0.29) is 11.8 Å². The molecule has 1 aliphatic heterocycles. The zero-order chi connectivity index (χ0) is 13.1. The average molecular weight is 357 g/mol. The van der Waals surface area contributed by atoms with E-state index in [1.54, 1.807) is 4.90 Å². The number of hydrogen-bond donors (Lipinski definition) is 0. The first kappa shape index (κ1) is 13.1. The summed E-state index contributed by atoms with van der Waals surface area (Å²) in [5, 5.41) is 3.53. The van der Waals surface area contributed by atoms with E-state index in [4.69, 9.17) is 5.53 Å². The van der Waals surface area contributed by atoms with Crippen LogP contribution >= 0.6 is 22.6 Å². The largest absolute Gasteiger partial charge is 0.297 e. The summed E-state index contributed by atoms with van der Waals surface area (Å²) in [5.41, 5.74) is 9.21. The van der Waals surface area contributed by atoms with Crippen LogP contribution in [0, 0.1) is 16.4 Å². The van der Waals surface area contributed by atoms with E-state index in [9.17, 15) is 4.79 Å². The second kappa shape index (κ2) is 5.53. The van der Waals surface area contributed by atoms with Gasteiger partial charge in [-0.15, -0.1) is 0 Å². The maximum atomic E-state index is 11.9. The highest BCUT2D eigenvalue weighted by Gasteiger charge is 2.30. The standard InChI is InChI=1S/C11H12IN5O/c1-7-9(12)2-3-10(15-7)17-6-8(4-11(17)18)5-14-16-13/h2-3,8H,4-6H2,1H3. The third kappa shape index (κ3) is 2.73. The number of aromatic nitrogens is 1. The molecule has 6 nitrogen and oxygen atoms in total. The van der Waals surface area contributed by atoms with Gasteiger partial charge < -0.3 is 0 Å². The fraction of sp³-hybridized carbons (Fsp3) is 0.455. The number of carbonyl (C=O) groups is 1. The van der Waals surface area contributed by atoms with E-state index in [0.29, 0.717) is 25.3 Å². The number of nitrogens with zero attached hydrogens (tertiary/aromatic N) is 5. The van der Waals surface area contributed by atoms with E-state index in [1.165, 1.54) is 0 Å². The van der Waals surface area contributed by atoms with Gasteiger partial charge in [0, 0.05) is 28.0 Å². The minimum atomic E-state index is 0.0428. The van der Waals surface area contributed by atoms with Crippen molar-refractivity contribution >= 4 is 34.3 Å². The fourth-order valence-corrected chi connectivity index (χ4v) is 2.26. The van der Waals surface area contributed by atoms with Crippen LogP contribution in [-0.2, 0) is 4.79 Å². The highest BCUT2D eigenvalue weighted by atomic mass is 127. The Kier molecular flexibility index (Phi) is 4.03. The summed E-state index contributed by atoms with van der Waals surface area (Å²) in [7, 11) is 0. The minimum Gasteiger partial charge on any atom is -0.297 e. The van der Waals surface area contributed by atoms with Crippen LogP contribution in [0.1, 0.15) is 12.1 Å². The van der Waals surface area contributed by atoms with Gasteiger partial charge in [0.1, 0.15) is 5.82 Å². The summed E-state index contributed by atoms with van der Waals surface area (Å²) < 4.78 is 1.08. The molecular formula is C11H12IN5O. The number of halogens is 1. The smallest absolute Gasteiger partial charge is 0.228 e. The lowest BCUT2D eigenvalue weighted by molar-refractivity contribution is -0.117. The van der Waals surface area contributed by atoms with E-state index in [0.717, 1.165) is 9.26 Å². The van der Waals surface area contributed by atoms with Crippen LogP contribution < -0.4 is 4.90 Å². The van der Waals surface area contributed by atoms with Crippen molar-refractivity contribution in [1.29, 1.82) is 0 Å². The number of hydrogen-bond acceptors (Lipinski definition) is 3. The van der Waals surface area contributed by atoms with E-state index in [2.05, 4.69) is 37.6 Å². The monoisotopic (exact) mass is 357 g/mol. The zero-order valence-corrected chi connectivity index (χ0v) is 12.0. The maximum Gasteiger partial charge on any atom is 0.228 e. The van der Waals surface area contributed by atoms with Crippen LogP contribution in [0.15, 0.2) is 17.2 Å². The lowest BCUT2D eigenvalue weighted by Gasteiger charge is -2.16. The third-order valence-corrected chi connectivity index (χ3v) is 4.03. The molecule has 0 N–H and O–H groups in total. The average Bonchev–Trinajstić information content (AvgIpc) is 2.71. The van der Waals surface area contributed by atoms with Crippen LogP contribution in [0.2, 0.25) is 0 Å². The van der Waals surface area contributed by atoms with Gasteiger partial charge in [-0.1, -0.05) is 5.11 Å². The number of aryl methyl sites for hydroxylation is 1. The number of anilines is 1. The van der Waals surface area contributed by atoms with Gasteiger partial charge in [-0.25, -0.2) is 4.98 Å². The number of pyridine rings is 1. The summed E-state index contributed by atoms with van der Waals surface area (Å²) in [6.07, 6.45) is 0.422. The summed E-state index contributed by atoms with van der Waals surface area (Å²) in [6.45, 7) is 2.86. The Balaban J connectivity index is 2.16. The van der Waals surface area contributed by atoms with Crippen molar-refractivity contribution in [2.45, 2.75) is 13.3 Å². The molecule has 1 aliphatic rings. The maximum absolute atomic E-state index is 11.9. The number of carbonyl (C=O) groups excluding carboxylic acids is 1. The van der Waals surface area contributed by atoms with Crippen molar-refractivity contribution in [3.05, 3.63) is 31.8 Å². The topological polar surface area (TPSA) is 82.0 Å². The molecule has 2 heterocycles. The Morgan fingerprint density at radius 3 is 3.11 bits per heavy atom. The van der Waals surface area contributed by atoms with Gasteiger partial charge in [0.05, 0.1) is 5.69 Å². The molecule has 0 aromatic carbocycles. The van der Waals surface area contributed by atoms with Crippen LogP contribution in [0.3, 0.4) is 0 Å². The van der Waals surface area contributed by atoms with Crippen molar-refractivity contribution in [3.8, 4) is 0 Å². The van der Waals surface area contributed by atoms with Crippen molar-refractivity contribution in [2.75, 3.05) is 18.0 Å². The molecule has 1 atom stereocenters. The number of azide groups is 1. The summed E-state index contributed by atoms with van der Waals surface area (Å²) in [4.78, 5) is 20.7. The SMILES string of the molecule is Cc1nc(N2CC(CN=[N+]=[N-])CC2=O)ccc1I. The zero-order valence-electron chi connectivity index (χ0n) is 9.88. The van der Waals surface area contributed by atoms with E-state index >= 15 is 0 Å². The van der Waals surface area contributed by atoms with Gasteiger partial charge in [-0.05, 0) is 53.1 Å². The van der Waals surface area contributed by atoms with Crippen molar-refractivity contribution in [2.24, 2.45) is 11.0 Å². The van der Waals surface area contributed by atoms with E-state index in [1.807, 2.05) is 19.1 Å². The molecule has 0 bridgehead atoms. The van der Waals surface area contributed by atoms with Gasteiger partial charge in [0.15, 0.2) is 0 Å². The molecule has 0 spiro atoms. The van der Waals surface area contributed by atoms with Crippen LogP contribution in [0.4, 0.5) is 5.82 Å². The van der Waals surface area contributed by atoms with Crippen molar-refractivity contribution in [3.63, 3.8) is 0 Å². The van der Waals surface area contributed by atoms with Crippen molar-refractivity contribution in [1.82, 2.24) is 4.98 Å². The Hall–Kier alpha value is -1.34. The van der Waals surface area contributed by atoms with Crippen LogP contribution in [0.5, 0.6) is 0 Å². The minimum absolute atomic E-state index is 0.0428. The Morgan fingerprint density at radius 2 is 2.44 bits per heavy atom. The van der Waals surface area contributed by atoms with Gasteiger partial charge in [0.2, 0.25) is 5.91 Å². The molecule has 1 unspecified atom stereocenters. The first-order valence-electron chi connectivity index (χ1n) is 5.56. The highest BCUT2D eigenvalue weighted by molar-refractivity contribution is 14.1. The molecule has 1 saturated heterocycles. The normalized spacial score (nSPS) is 18.9. The third-order valence-electron chi connectivity index (χ3n) is 2.89. The predicted octanol–water partition coefficient (Wildman–Crippen LogP) is 2.66. The predicted molar refractivity (Wildman–Crippen MR) is 76.2 cm³/mol. The summed E-state index contributed by atoms with van der Waals surface area (Å²) >= 11 is 2.21. The highest BCUT2D eigenvalue weighted by Crippen LogP contribution is 2.25. The Labute approximate surface area is 118 Å². The molecular weight excluding hydrogens is 345 g/mol. The molecule has 94 valence electrons. The first-order valence-corrected chi connectivity index (χ1v) is 6.64. The fourth-order valence-electron chi connectivity index (χ4n) is 1.96. The van der Waals surface area contributed by atoms with E-state index < -0.39 is 0 Å². The Bertz CT molecular complexity index is 526. The molecule has 0 saturated carbocycles. The van der Waals surface area contributed by atoms with Crippen LogP contribution in [-0.4, -0.2) is 24.0 Å². The van der Waals surface area contributed by atoms with Gasteiger partial charge in [-0.2, -0.15) is 0 Å². The summed E-state index contributed by atoms with van der Waals surface area (Å²) in [6, 6.07) is 3.80. The quantitative estimate of drug-likeness (QED) is 0.361. The second-order valence-electron chi connectivity index (χ2n) is 4.22. The van der Waals surface area contributed by atoms with Crippen molar-refractivity contribution < 1.29 is 4.79 Å². The van der Waals surface area contributed by atoms with Gasteiger partial charge in [0.25, 0.3) is 0 Å². The van der Waals surface area contributed by atoms with Gasteiger partial charge in [-0.3, -0.25) is 9.69 Å². The lowest BCUT2D eigenvalue weighted by Crippen LogP contribution is -2.26.